The first kappa shape index (κ1) is 24.9. The molecule has 1 aliphatic carbocycles. The monoisotopic (exact) mass is 456 g/mol. The van der Waals surface area contributed by atoms with Crippen molar-refractivity contribution in [2.24, 2.45) is 5.92 Å². The van der Waals surface area contributed by atoms with E-state index in [1.165, 1.54) is 34.6 Å². The molecule has 3 aromatic rings. The van der Waals surface area contributed by atoms with E-state index >= 15 is 0 Å². The molecule has 3 unspecified atom stereocenters. The Morgan fingerprint density at radius 3 is 1.80 bits per heavy atom. The standard InChI is InChI=1S/C27H30P.CH3.Fe/c1-4-25-26(22-18-20(2)17-21(3)19-22)15-16-27(25)28(23-11-7-5-8-12-23)24-13-9-6-10-14-24;;/h5-14,16-19,25-27H,4,15H2,1-3H3;1H3;/q2*-1;+2. The third kappa shape index (κ3) is 5.26. The molecule has 0 nitrogen and oxygen atoms in total. The molecular weight excluding hydrogens is 423 g/mol. The Labute approximate surface area is 195 Å². The summed E-state index contributed by atoms with van der Waals surface area (Å²) < 4.78 is 0. The minimum absolute atomic E-state index is 0. The predicted molar refractivity (Wildman–Crippen MR) is 131 cm³/mol. The van der Waals surface area contributed by atoms with Crippen LogP contribution in [0.25, 0.3) is 0 Å². The first-order chi connectivity index (χ1) is 13.7. The summed E-state index contributed by atoms with van der Waals surface area (Å²) in [5.41, 5.74) is 4.96. The molecule has 0 radical (unpaired) electrons. The second-order valence-electron chi connectivity index (χ2n) is 8.10. The maximum absolute atomic E-state index is 2.65. The largest absolute Gasteiger partial charge is 2.00 e. The molecule has 0 bridgehead atoms. The minimum atomic E-state index is -0.385. The number of hydrogen-bond acceptors (Lipinski definition) is 0. The van der Waals surface area contributed by atoms with Crippen LogP contribution in [0.4, 0.5) is 0 Å². The predicted octanol–water partition coefficient (Wildman–Crippen LogP) is 6.97. The summed E-state index contributed by atoms with van der Waals surface area (Å²) in [6.07, 6.45) is 5.09. The van der Waals surface area contributed by atoms with Gasteiger partial charge in [0.2, 0.25) is 0 Å². The third-order valence-electron chi connectivity index (χ3n) is 6.10. The smallest absolute Gasteiger partial charge is 0.358 e. The van der Waals surface area contributed by atoms with Gasteiger partial charge in [0.25, 0.3) is 0 Å². The van der Waals surface area contributed by atoms with Gasteiger partial charge in [0, 0.05) is 0 Å². The van der Waals surface area contributed by atoms with E-state index in [-0.39, 0.29) is 32.4 Å². The Morgan fingerprint density at radius 2 is 1.33 bits per heavy atom. The van der Waals surface area contributed by atoms with Crippen molar-refractivity contribution < 1.29 is 17.1 Å². The van der Waals surface area contributed by atoms with Crippen molar-refractivity contribution in [3.8, 4) is 0 Å². The Morgan fingerprint density at radius 1 is 0.833 bits per heavy atom. The quantitative estimate of drug-likeness (QED) is 0.221. The third-order valence-corrected chi connectivity index (χ3v) is 9.00. The topological polar surface area (TPSA) is 0 Å². The van der Waals surface area contributed by atoms with Gasteiger partial charge in [-0.1, -0.05) is 117 Å². The van der Waals surface area contributed by atoms with Gasteiger partial charge in [-0.3, -0.25) is 0 Å². The molecule has 0 aliphatic heterocycles. The van der Waals surface area contributed by atoms with Crippen molar-refractivity contribution >= 4 is 18.5 Å². The SMILES string of the molecule is CCC1C(c2cc(C)cc(C)c2)C[CH-]C1P(c1ccccc1)c1ccccc1.[CH3-].[Fe+2]. The van der Waals surface area contributed by atoms with Crippen LogP contribution in [0.1, 0.15) is 42.4 Å². The molecule has 158 valence electrons. The molecule has 2 heteroatoms. The number of rotatable bonds is 5. The maximum atomic E-state index is 2.65. The molecule has 0 N–H and O–H groups in total. The second-order valence-corrected chi connectivity index (χ2v) is 10.5. The summed E-state index contributed by atoms with van der Waals surface area (Å²) in [5.74, 6) is 1.35. The van der Waals surface area contributed by atoms with Gasteiger partial charge in [0.15, 0.2) is 0 Å². The fourth-order valence-electron chi connectivity index (χ4n) is 4.97. The number of hydrogen-bond donors (Lipinski definition) is 0. The van der Waals surface area contributed by atoms with Crippen LogP contribution >= 0.6 is 7.92 Å². The van der Waals surface area contributed by atoms with Gasteiger partial charge in [0.05, 0.1) is 0 Å². The normalized spacial score (nSPS) is 20.5. The number of benzene rings is 3. The van der Waals surface area contributed by atoms with E-state index in [1.807, 2.05) is 0 Å². The molecule has 1 aliphatic rings. The summed E-state index contributed by atoms with van der Waals surface area (Å²) >= 11 is 0. The molecule has 1 fully saturated rings. The molecular formula is C28H33FeP. The van der Waals surface area contributed by atoms with Gasteiger partial charge in [-0.2, -0.15) is 6.42 Å². The van der Waals surface area contributed by atoms with Crippen molar-refractivity contribution in [2.75, 3.05) is 0 Å². The zero-order valence-electron chi connectivity index (χ0n) is 18.5. The van der Waals surface area contributed by atoms with Crippen LogP contribution in [0.3, 0.4) is 0 Å². The van der Waals surface area contributed by atoms with Crippen LogP contribution in [0, 0.1) is 33.6 Å². The van der Waals surface area contributed by atoms with Gasteiger partial charge in [-0.05, 0) is 35.9 Å². The van der Waals surface area contributed by atoms with Gasteiger partial charge < -0.3 is 13.8 Å². The second kappa shape index (κ2) is 11.3. The molecule has 4 rings (SSSR count). The molecule has 0 heterocycles. The summed E-state index contributed by atoms with van der Waals surface area (Å²) in [6, 6.07) is 29.5. The Hall–Kier alpha value is -1.39. The number of aryl methyl sites for hydroxylation is 2. The van der Waals surface area contributed by atoms with Crippen LogP contribution in [-0.4, -0.2) is 5.66 Å². The van der Waals surface area contributed by atoms with Crippen molar-refractivity contribution in [1.29, 1.82) is 0 Å². The van der Waals surface area contributed by atoms with Crippen molar-refractivity contribution in [1.82, 2.24) is 0 Å². The molecule has 3 aromatic carbocycles. The zero-order chi connectivity index (χ0) is 19.5. The molecule has 0 saturated heterocycles. The summed E-state index contributed by atoms with van der Waals surface area (Å²) in [4.78, 5) is 0. The molecule has 0 aromatic heterocycles. The van der Waals surface area contributed by atoms with Crippen LogP contribution in [-0.2, 0) is 17.1 Å². The van der Waals surface area contributed by atoms with E-state index in [9.17, 15) is 0 Å². The van der Waals surface area contributed by atoms with E-state index in [4.69, 9.17) is 0 Å². The minimum Gasteiger partial charge on any atom is -0.358 e. The molecule has 0 amide bonds. The summed E-state index contributed by atoms with van der Waals surface area (Å²) in [6.45, 7) is 6.85. The van der Waals surface area contributed by atoms with Crippen molar-refractivity contribution in [3.05, 3.63) is 109 Å². The first-order valence-corrected chi connectivity index (χ1v) is 11.9. The van der Waals surface area contributed by atoms with E-state index < -0.39 is 0 Å². The van der Waals surface area contributed by atoms with Crippen LogP contribution in [0.2, 0.25) is 0 Å². The van der Waals surface area contributed by atoms with E-state index in [2.05, 4.69) is 106 Å². The molecule has 0 spiro atoms. The first-order valence-electron chi connectivity index (χ1n) is 10.5. The van der Waals surface area contributed by atoms with Crippen LogP contribution in [0.5, 0.6) is 0 Å². The van der Waals surface area contributed by atoms with Gasteiger partial charge in [-0.15, -0.1) is 5.66 Å². The Balaban J connectivity index is 0.00000160. The van der Waals surface area contributed by atoms with E-state index in [0.717, 1.165) is 0 Å². The summed E-state index contributed by atoms with van der Waals surface area (Å²) in [7, 11) is -0.385. The van der Waals surface area contributed by atoms with Gasteiger partial charge in [0.1, 0.15) is 0 Å². The molecule has 3 atom stereocenters. The fourth-order valence-corrected chi connectivity index (χ4v) is 8.08. The van der Waals surface area contributed by atoms with Gasteiger partial charge in [-0.25, -0.2) is 0 Å². The fraction of sp³-hybridized carbons (Fsp3) is 0.286. The van der Waals surface area contributed by atoms with Gasteiger partial charge >= 0.3 is 17.1 Å². The van der Waals surface area contributed by atoms with E-state index in [1.54, 1.807) is 5.56 Å². The average molecular weight is 456 g/mol. The van der Waals surface area contributed by atoms with Crippen molar-refractivity contribution in [2.45, 2.75) is 45.2 Å². The Kier molecular flexibility index (Phi) is 9.36. The zero-order valence-corrected chi connectivity index (χ0v) is 20.5. The van der Waals surface area contributed by atoms with Crippen LogP contribution < -0.4 is 10.6 Å². The molecule has 30 heavy (non-hydrogen) atoms. The molecule has 1 saturated carbocycles. The summed E-state index contributed by atoms with van der Waals surface area (Å²) in [5, 5.41) is 3.01. The maximum Gasteiger partial charge on any atom is 2.00 e. The van der Waals surface area contributed by atoms with Crippen LogP contribution in [0.15, 0.2) is 78.9 Å². The Bertz CT molecular complexity index is 847. The van der Waals surface area contributed by atoms with E-state index in [0.29, 0.717) is 17.5 Å². The average Bonchev–Trinajstić information content (AvgIpc) is 3.13. The van der Waals surface area contributed by atoms with Crippen molar-refractivity contribution in [3.63, 3.8) is 0 Å².